The number of thiophene rings is 1. The molecule has 0 saturated heterocycles. The highest BCUT2D eigenvalue weighted by Crippen LogP contribution is 2.68. The number of fused-ring (bicyclic) bond motifs is 2. The largest absolute Gasteiger partial charge is 0.384 e. The van der Waals surface area contributed by atoms with E-state index in [0.717, 1.165) is 26.0 Å². The maximum absolute atomic E-state index is 13.3. The van der Waals surface area contributed by atoms with Crippen LogP contribution in [0.4, 0.5) is 8.78 Å². The summed E-state index contributed by atoms with van der Waals surface area (Å²) >= 11 is 1.41. The zero-order valence-corrected chi connectivity index (χ0v) is 16.4. The zero-order chi connectivity index (χ0) is 20.0. The molecule has 4 heterocycles. The van der Waals surface area contributed by atoms with Gasteiger partial charge in [-0.3, -0.25) is 4.68 Å². The SMILES string of the molecule is Cn1cc2cc(-c3ncc4cc(C5(O)CC6(CC(F)(F)C6)C5)sc4n3)cnc2n1. The van der Waals surface area contributed by atoms with E-state index in [1.54, 1.807) is 17.1 Å². The fourth-order valence-corrected chi connectivity index (χ4v) is 6.10. The maximum Gasteiger partial charge on any atom is 0.249 e. The summed E-state index contributed by atoms with van der Waals surface area (Å²) < 4.78 is 28.3. The highest BCUT2D eigenvalue weighted by Gasteiger charge is 2.67. The molecule has 1 N–H and O–H groups in total. The first-order chi connectivity index (χ1) is 13.7. The Morgan fingerprint density at radius 3 is 2.62 bits per heavy atom. The lowest BCUT2D eigenvalue weighted by molar-refractivity contribution is -0.255. The van der Waals surface area contributed by atoms with Crippen LogP contribution in [0.25, 0.3) is 32.6 Å². The van der Waals surface area contributed by atoms with E-state index in [1.807, 2.05) is 25.4 Å². The van der Waals surface area contributed by atoms with Crippen molar-refractivity contribution in [3.8, 4) is 11.4 Å². The molecule has 4 aromatic rings. The van der Waals surface area contributed by atoms with Gasteiger partial charge in [0.05, 0.1) is 5.60 Å². The molecule has 2 aliphatic carbocycles. The lowest BCUT2D eigenvalue weighted by atomic mass is 9.48. The van der Waals surface area contributed by atoms with Crippen LogP contribution >= 0.6 is 11.3 Å². The second kappa shape index (κ2) is 5.34. The average Bonchev–Trinajstić information content (AvgIpc) is 3.19. The standard InChI is InChI=1S/C20H17F2N5OS/c1-27-6-13-2-11(4-24-16(13)26-27)15-23-5-12-3-14(29-17(12)25-15)19(28)7-18(8-19)9-20(21,22)10-18/h2-6,28H,7-10H2,1H3. The molecule has 29 heavy (non-hydrogen) atoms. The second-order valence-electron chi connectivity index (χ2n) is 8.60. The minimum Gasteiger partial charge on any atom is -0.384 e. The van der Waals surface area contributed by atoms with Gasteiger partial charge in [0.1, 0.15) is 4.83 Å². The number of aryl methyl sites for hydroxylation is 1. The first-order valence-corrected chi connectivity index (χ1v) is 10.2. The molecule has 2 fully saturated rings. The molecule has 0 aliphatic heterocycles. The molecular formula is C20H17F2N5OS. The Hall–Kier alpha value is -2.52. The van der Waals surface area contributed by atoms with E-state index < -0.39 is 16.9 Å². The van der Waals surface area contributed by atoms with Gasteiger partial charge in [-0.05, 0) is 30.4 Å². The second-order valence-corrected chi connectivity index (χ2v) is 9.63. The van der Waals surface area contributed by atoms with Crippen LogP contribution in [-0.4, -0.2) is 35.8 Å². The maximum atomic E-state index is 13.3. The molecule has 0 bridgehead atoms. The number of hydrogen-bond acceptors (Lipinski definition) is 6. The van der Waals surface area contributed by atoms with Gasteiger partial charge in [0.2, 0.25) is 5.92 Å². The summed E-state index contributed by atoms with van der Waals surface area (Å²) in [6, 6.07) is 3.83. The summed E-state index contributed by atoms with van der Waals surface area (Å²) in [5, 5.41) is 17.0. The molecule has 0 aromatic carbocycles. The van der Waals surface area contributed by atoms with Crippen molar-refractivity contribution in [2.24, 2.45) is 12.5 Å². The number of alkyl halides is 2. The van der Waals surface area contributed by atoms with Gasteiger partial charge in [-0.2, -0.15) is 5.10 Å². The fraction of sp³-hybridized carbons (Fsp3) is 0.400. The Labute approximate surface area is 168 Å². The van der Waals surface area contributed by atoms with E-state index in [0.29, 0.717) is 24.3 Å². The quantitative estimate of drug-likeness (QED) is 0.537. The van der Waals surface area contributed by atoms with Crippen LogP contribution in [0.2, 0.25) is 0 Å². The molecule has 6 rings (SSSR count). The summed E-state index contributed by atoms with van der Waals surface area (Å²) in [6.07, 6.45) is 5.89. The number of aliphatic hydroxyl groups is 1. The number of hydrogen-bond donors (Lipinski definition) is 1. The summed E-state index contributed by atoms with van der Waals surface area (Å²) in [7, 11) is 1.84. The van der Waals surface area contributed by atoms with Crippen molar-refractivity contribution in [1.29, 1.82) is 0 Å². The number of nitrogens with zero attached hydrogens (tertiary/aromatic N) is 5. The predicted octanol–water partition coefficient (Wildman–Crippen LogP) is 4.04. The Balaban J connectivity index is 1.32. The van der Waals surface area contributed by atoms with Crippen LogP contribution in [0.3, 0.4) is 0 Å². The Morgan fingerprint density at radius 2 is 1.86 bits per heavy atom. The average molecular weight is 413 g/mol. The lowest BCUT2D eigenvalue weighted by Gasteiger charge is -2.60. The third kappa shape index (κ3) is 2.60. The molecular weight excluding hydrogens is 396 g/mol. The summed E-state index contributed by atoms with van der Waals surface area (Å²) in [6.45, 7) is 0. The molecule has 0 amide bonds. The highest BCUT2D eigenvalue weighted by molar-refractivity contribution is 7.18. The molecule has 0 radical (unpaired) electrons. The van der Waals surface area contributed by atoms with E-state index in [1.165, 1.54) is 11.3 Å². The van der Waals surface area contributed by atoms with Gasteiger partial charge < -0.3 is 5.11 Å². The summed E-state index contributed by atoms with van der Waals surface area (Å²) in [4.78, 5) is 15.0. The van der Waals surface area contributed by atoms with Crippen molar-refractivity contribution in [3.63, 3.8) is 0 Å². The molecule has 0 unspecified atom stereocenters. The monoisotopic (exact) mass is 413 g/mol. The van der Waals surface area contributed by atoms with Crippen LogP contribution in [0.5, 0.6) is 0 Å². The molecule has 4 aromatic heterocycles. The van der Waals surface area contributed by atoms with Crippen LogP contribution in [0.1, 0.15) is 30.6 Å². The van der Waals surface area contributed by atoms with Gasteiger partial charge in [0.25, 0.3) is 0 Å². The Morgan fingerprint density at radius 1 is 1.07 bits per heavy atom. The Kier molecular flexibility index (Phi) is 3.19. The van der Waals surface area contributed by atoms with Crippen molar-refractivity contribution in [2.45, 2.75) is 37.2 Å². The van der Waals surface area contributed by atoms with Crippen molar-refractivity contribution in [3.05, 3.63) is 35.6 Å². The molecule has 2 aliphatic rings. The topological polar surface area (TPSA) is 76.7 Å². The van der Waals surface area contributed by atoms with Crippen LogP contribution in [0, 0.1) is 5.41 Å². The molecule has 9 heteroatoms. The van der Waals surface area contributed by atoms with Crippen molar-refractivity contribution in [2.75, 3.05) is 0 Å². The van der Waals surface area contributed by atoms with Gasteiger partial charge in [-0.1, -0.05) is 0 Å². The molecule has 148 valence electrons. The minimum absolute atomic E-state index is 0.110. The number of pyridine rings is 1. The molecule has 2 saturated carbocycles. The van der Waals surface area contributed by atoms with Gasteiger partial charge in [0, 0.05) is 59.7 Å². The first kappa shape index (κ1) is 17.3. The van der Waals surface area contributed by atoms with Crippen LogP contribution < -0.4 is 0 Å². The van der Waals surface area contributed by atoms with Crippen molar-refractivity contribution >= 4 is 32.6 Å². The normalized spacial score (nSPS) is 21.4. The summed E-state index contributed by atoms with van der Waals surface area (Å²) in [5.74, 6) is -2.01. The third-order valence-corrected chi connectivity index (χ3v) is 7.30. The predicted molar refractivity (Wildman–Crippen MR) is 105 cm³/mol. The van der Waals surface area contributed by atoms with Gasteiger partial charge in [-0.25, -0.2) is 23.7 Å². The van der Waals surface area contributed by atoms with E-state index in [4.69, 9.17) is 0 Å². The fourth-order valence-electron chi connectivity index (χ4n) is 5.01. The zero-order valence-electron chi connectivity index (χ0n) is 15.6. The van der Waals surface area contributed by atoms with E-state index in [2.05, 4.69) is 20.1 Å². The van der Waals surface area contributed by atoms with Crippen molar-refractivity contribution < 1.29 is 13.9 Å². The first-order valence-electron chi connectivity index (χ1n) is 9.40. The summed E-state index contributed by atoms with van der Waals surface area (Å²) in [5.41, 5.74) is 0.0349. The van der Waals surface area contributed by atoms with Gasteiger partial charge in [0.15, 0.2) is 11.5 Å². The van der Waals surface area contributed by atoms with Crippen LogP contribution in [-0.2, 0) is 12.6 Å². The lowest BCUT2D eigenvalue weighted by Crippen LogP contribution is -2.59. The smallest absolute Gasteiger partial charge is 0.249 e. The van der Waals surface area contributed by atoms with E-state index >= 15 is 0 Å². The minimum atomic E-state index is -2.56. The number of aromatic nitrogens is 5. The molecule has 1 spiro atoms. The number of rotatable bonds is 2. The number of halogens is 2. The van der Waals surface area contributed by atoms with Crippen LogP contribution in [0.15, 0.2) is 30.7 Å². The molecule has 6 nitrogen and oxygen atoms in total. The van der Waals surface area contributed by atoms with Crippen molar-refractivity contribution in [1.82, 2.24) is 24.7 Å². The third-order valence-electron chi connectivity index (χ3n) is 6.07. The van der Waals surface area contributed by atoms with Gasteiger partial charge in [-0.15, -0.1) is 11.3 Å². The molecule has 0 atom stereocenters. The van der Waals surface area contributed by atoms with E-state index in [-0.39, 0.29) is 12.8 Å². The van der Waals surface area contributed by atoms with E-state index in [9.17, 15) is 13.9 Å². The Bertz CT molecular complexity index is 1280. The highest BCUT2D eigenvalue weighted by atomic mass is 32.1. The van der Waals surface area contributed by atoms with Gasteiger partial charge >= 0.3 is 0 Å².